The van der Waals surface area contributed by atoms with Crippen LogP contribution in [0.4, 0.5) is 11.4 Å². The first-order valence-electron chi connectivity index (χ1n) is 4.58. The molecule has 9 heteroatoms. The third kappa shape index (κ3) is 3.67. The van der Waals surface area contributed by atoms with E-state index in [2.05, 4.69) is 37.2 Å². The van der Waals surface area contributed by atoms with Crippen molar-refractivity contribution in [2.75, 3.05) is 11.1 Å². The van der Waals surface area contributed by atoms with E-state index >= 15 is 0 Å². The summed E-state index contributed by atoms with van der Waals surface area (Å²) in [6.07, 6.45) is 0. The lowest BCUT2D eigenvalue weighted by atomic mass is 10.2. The number of amides is 1. The molecule has 1 aromatic carbocycles. The minimum Gasteiger partial charge on any atom is -0.396 e. The van der Waals surface area contributed by atoms with Crippen LogP contribution in [0.5, 0.6) is 0 Å². The molecule has 0 saturated carbocycles. The van der Waals surface area contributed by atoms with Gasteiger partial charge in [-0.05, 0) is 19.1 Å². The predicted molar refractivity (Wildman–Crippen MR) is 75.6 cm³/mol. The first-order chi connectivity index (χ1) is 8.03. The van der Waals surface area contributed by atoms with E-state index in [9.17, 15) is 13.2 Å². The van der Waals surface area contributed by atoms with Crippen molar-refractivity contribution in [3.05, 3.63) is 18.2 Å². The van der Waals surface area contributed by atoms with Crippen LogP contribution in [0, 0.1) is 0 Å². The molecular formula is C9H10Br2N2O4S. The number of nitrogens with one attached hydrogen (secondary N) is 1. The molecule has 0 aliphatic heterocycles. The Bertz CT molecular complexity index is 581. The van der Waals surface area contributed by atoms with E-state index in [4.69, 9.17) is 10.3 Å². The molecule has 0 unspecified atom stereocenters. The molecule has 0 saturated heterocycles. The molecule has 18 heavy (non-hydrogen) atoms. The number of rotatable bonds is 3. The fourth-order valence-corrected chi connectivity index (χ4v) is 1.95. The number of carbonyl (C=O) groups is 1. The summed E-state index contributed by atoms with van der Waals surface area (Å²) in [5.74, 6) is -0.471. The normalized spacial score (nSPS) is 12.2. The first kappa shape index (κ1) is 15.4. The number of para-hydroxylation sites is 1. The minimum atomic E-state index is -4.43. The zero-order valence-electron chi connectivity index (χ0n) is 9.15. The summed E-state index contributed by atoms with van der Waals surface area (Å²) in [5, 5.41) is 2.43. The highest BCUT2D eigenvalue weighted by Crippen LogP contribution is 2.30. The molecular weight excluding hydrogens is 392 g/mol. The first-order valence-corrected chi connectivity index (χ1v) is 7.61. The van der Waals surface area contributed by atoms with E-state index in [1.807, 2.05) is 0 Å². The van der Waals surface area contributed by atoms with Crippen molar-refractivity contribution in [2.45, 2.75) is 15.1 Å². The molecule has 0 aliphatic rings. The highest BCUT2D eigenvalue weighted by molar-refractivity contribution is 9.25. The quantitative estimate of drug-likeness (QED) is 0.407. The smallest absolute Gasteiger partial charge is 0.296 e. The Kier molecular flexibility index (Phi) is 4.42. The lowest BCUT2D eigenvalue weighted by molar-refractivity contribution is -0.115. The van der Waals surface area contributed by atoms with Gasteiger partial charge in [-0.2, -0.15) is 8.42 Å². The fourth-order valence-electron chi connectivity index (χ4n) is 1.11. The minimum absolute atomic E-state index is 0.0975. The monoisotopic (exact) mass is 400 g/mol. The van der Waals surface area contributed by atoms with Crippen LogP contribution in [-0.2, 0) is 14.9 Å². The van der Waals surface area contributed by atoms with Crippen molar-refractivity contribution in [1.82, 2.24) is 0 Å². The Morgan fingerprint density at radius 3 is 2.44 bits per heavy atom. The van der Waals surface area contributed by atoms with Gasteiger partial charge < -0.3 is 11.1 Å². The third-order valence-corrected chi connectivity index (χ3v) is 3.62. The van der Waals surface area contributed by atoms with Crippen LogP contribution < -0.4 is 11.1 Å². The number of nitrogen functional groups attached to an aromatic ring is 1. The Morgan fingerprint density at radius 2 is 2.00 bits per heavy atom. The van der Waals surface area contributed by atoms with Crippen molar-refractivity contribution in [1.29, 1.82) is 0 Å². The summed E-state index contributed by atoms with van der Waals surface area (Å²) in [7, 11) is -4.43. The Labute approximate surface area is 121 Å². The molecule has 0 atom stereocenters. The van der Waals surface area contributed by atoms with E-state index in [1.165, 1.54) is 12.1 Å². The number of halogens is 2. The molecule has 100 valence electrons. The number of alkyl halides is 2. The molecule has 0 heterocycles. The van der Waals surface area contributed by atoms with Crippen LogP contribution in [0.3, 0.4) is 0 Å². The number of carbonyl (C=O) groups excluding carboxylic acids is 1. The molecule has 4 N–H and O–H groups in total. The second kappa shape index (κ2) is 5.16. The lowest BCUT2D eigenvalue weighted by Gasteiger charge is -2.16. The van der Waals surface area contributed by atoms with Crippen molar-refractivity contribution >= 4 is 59.3 Å². The molecule has 0 fully saturated rings. The highest BCUT2D eigenvalue weighted by atomic mass is 79.9. The average Bonchev–Trinajstić information content (AvgIpc) is 2.17. The summed E-state index contributed by atoms with van der Waals surface area (Å²) >= 11 is 6.16. The Balaban J connectivity index is 3.18. The number of hydrogen-bond acceptors (Lipinski definition) is 4. The third-order valence-electron chi connectivity index (χ3n) is 1.99. The van der Waals surface area contributed by atoms with Crippen molar-refractivity contribution < 1.29 is 17.8 Å². The van der Waals surface area contributed by atoms with E-state index in [0.717, 1.165) is 6.07 Å². The van der Waals surface area contributed by atoms with Crippen LogP contribution in [0.2, 0.25) is 0 Å². The van der Waals surface area contributed by atoms with Gasteiger partial charge >= 0.3 is 0 Å². The van der Waals surface area contributed by atoms with Crippen molar-refractivity contribution in [2.24, 2.45) is 0 Å². The van der Waals surface area contributed by atoms with Gasteiger partial charge in [-0.15, -0.1) is 0 Å². The maximum Gasteiger partial charge on any atom is 0.296 e. The van der Waals surface area contributed by atoms with Gasteiger partial charge in [0.2, 0.25) is 0 Å². The van der Waals surface area contributed by atoms with Crippen LogP contribution in [0.15, 0.2) is 23.1 Å². The Hall–Kier alpha value is -0.640. The predicted octanol–water partition coefficient (Wildman–Crippen LogP) is 1.96. The second-order valence-corrected chi connectivity index (χ2v) is 9.16. The average molecular weight is 402 g/mol. The van der Waals surface area contributed by atoms with Gasteiger partial charge in [0.05, 0.1) is 11.4 Å². The van der Waals surface area contributed by atoms with E-state index in [-0.39, 0.29) is 11.4 Å². The molecule has 6 nitrogen and oxygen atoms in total. The second-order valence-electron chi connectivity index (χ2n) is 3.53. The number of anilines is 2. The van der Waals surface area contributed by atoms with Gasteiger partial charge in [-0.25, -0.2) is 0 Å². The van der Waals surface area contributed by atoms with Crippen LogP contribution >= 0.6 is 31.9 Å². The summed E-state index contributed by atoms with van der Waals surface area (Å²) < 4.78 is 30.0. The molecule has 0 aliphatic carbocycles. The number of nitrogens with two attached hydrogens (primary N) is 1. The van der Waals surface area contributed by atoms with Crippen LogP contribution in [-0.4, -0.2) is 22.1 Å². The molecule has 1 rings (SSSR count). The van der Waals surface area contributed by atoms with E-state index in [0.29, 0.717) is 0 Å². The van der Waals surface area contributed by atoms with E-state index < -0.39 is 24.2 Å². The van der Waals surface area contributed by atoms with Gasteiger partial charge in [0.1, 0.15) is 4.90 Å². The summed E-state index contributed by atoms with van der Waals surface area (Å²) in [6, 6.07) is 3.92. The lowest BCUT2D eigenvalue weighted by Crippen LogP contribution is -2.28. The van der Waals surface area contributed by atoms with Gasteiger partial charge in [0.25, 0.3) is 16.0 Å². The molecule has 0 bridgehead atoms. The van der Waals surface area contributed by atoms with Gasteiger partial charge in [0, 0.05) is 0 Å². The molecule has 0 spiro atoms. The van der Waals surface area contributed by atoms with Crippen molar-refractivity contribution in [3.63, 3.8) is 0 Å². The maximum absolute atomic E-state index is 11.7. The topological polar surface area (TPSA) is 109 Å². The summed E-state index contributed by atoms with van der Waals surface area (Å²) in [6.45, 7) is 1.55. The highest BCUT2D eigenvalue weighted by Gasteiger charge is 2.27. The fraction of sp³-hybridized carbons (Fsp3) is 0.222. The summed E-state index contributed by atoms with van der Waals surface area (Å²) in [4.78, 5) is 11.2. The zero-order chi connectivity index (χ0) is 14.1. The zero-order valence-corrected chi connectivity index (χ0v) is 13.1. The van der Waals surface area contributed by atoms with Gasteiger partial charge in [-0.1, -0.05) is 37.9 Å². The van der Waals surface area contributed by atoms with Gasteiger partial charge in [-0.3, -0.25) is 9.35 Å². The number of benzene rings is 1. The maximum atomic E-state index is 11.7. The van der Waals surface area contributed by atoms with Crippen LogP contribution in [0.1, 0.15) is 6.92 Å². The molecule has 0 aromatic heterocycles. The molecule has 1 amide bonds. The number of hydrogen-bond donors (Lipinski definition) is 3. The van der Waals surface area contributed by atoms with Gasteiger partial charge in [0.15, 0.2) is 3.23 Å². The van der Waals surface area contributed by atoms with Crippen molar-refractivity contribution in [3.8, 4) is 0 Å². The van der Waals surface area contributed by atoms with E-state index in [1.54, 1.807) is 6.92 Å². The molecule has 0 radical (unpaired) electrons. The standard InChI is InChI=1S/C9H10Br2N2O4S/c1-9(10,11)8(14)13-5-3-2-4-6(7(5)12)18(15,16)17/h2-4H,12H2,1H3,(H,13,14)(H,15,16,17). The van der Waals surface area contributed by atoms with Crippen LogP contribution in [0.25, 0.3) is 0 Å². The Morgan fingerprint density at radius 1 is 1.44 bits per heavy atom. The SMILES string of the molecule is CC(Br)(Br)C(=O)Nc1cccc(S(=O)(=O)O)c1N. The largest absolute Gasteiger partial charge is 0.396 e. The summed E-state index contributed by atoms with van der Waals surface area (Å²) in [5.41, 5.74) is 5.45. The molecule has 1 aromatic rings.